The quantitative estimate of drug-likeness (QED) is 0.684. The lowest BCUT2D eigenvalue weighted by atomic mass is 10.0. The van der Waals surface area contributed by atoms with Crippen molar-refractivity contribution in [1.82, 2.24) is 16.0 Å². The van der Waals surface area contributed by atoms with Gasteiger partial charge in [-0.2, -0.15) is 0 Å². The van der Waals surface area contributed by atoms with Crippen LogP contribution in [0.4, 0.5) is 0 Å². The number of benzene rings is 1. The Balaban J connectivity index is 0.00000312. The summed E-state index contributed by atoms with van der Waals surface area (Å²) in [5.74, 6) is 0.295. The highest BCUT2D eigenvalue weighted by atomic mass is 35.5. The van der Waals surface area contributed by atoms with E-state index in [1.165, 1.54) is 0 Å². The van der Waals surface area contributed by atoms with Crippen LogP contribution < -0.4 is 20.7 Å². The number of rotatable bonds is 7. The Labute approximate surface area is 155 Å². The third-order valence-corrected chi connectivity index (χ3v) is 4.27. The smallest absolute Gasteiger partial charge is 0.251 e. The van der Waals surface area contributed by atoms with Crippen molar-refractivity contribution < 1.29 is 14.3 Å². The molecule has 0 bridgehead atoms. The maximum atomic E-state index is 12.4. The van der Waals surface area contributed by atoms with Gasteiger partial charge in [0.15, 0.2) is 0 Å². The van der Waals surface area contributed by atoms with Gasteiger partial charge in [0.2, 0.25) is 5.91 Å². The minimum Gasteiger partial charge on any atom is -0.497 e. The normalized spacial score (nSPS) is 17.5. The molecule has 0 radical (unpaired) electrons. The molecule has 0 spiro atoms. The number of halogens is 1. The monoisotopic (exact) mass is 369 g/mol. The highest BCUT2D eigenvalue weighted by molar-refractivity contribution is 5.97. The van der Waals surface area contributed by atoms with E-state index in [4.69, 9.17) is 4.74 Å². The van der Waals surface area contributed by atoms with Gasteiger partial charge >= 0.3 is 0 Å². The third kappa shape index (κ3) is 6.21. The van der Waals surface area contributed by atoms with Gasteiger partial charge < -0.3 is 20.7 Å². The maximum Gasteiger partial charge on any atom is 0.251 e. The lowest BCUT2D eigenvalue weighted by molar-refractivity contribution is -0.124. The van der Waals surface area contributed by atoms with Crippen LogP contribution in [0, 0.1) is 5.92 Å². The minimum atomic E-state index is -0.555. The van der Waals surface area contributed by atoms with E-state index in [2.05, 4.69) is 16.0 Å². The summed E-state index contributed by atoms with van der Waals surface area (Å²) in [6, 6.07) is 6.61. The van der Waals surface area contributed by atoms with Crippen molar-refractivity contribution >= 4 is 24.2 Å². The molecule has 3 N–H and O–H groups in total. The fraction of sp³-hybridized carbons (Fsp3) is 0.556. The van der Waals surface area contributed by atoms with Crippen LogP contribution in [-0.4, -0.2) is 44.1 Å². The molecule has 140 valence electrons. The minimum absolute atomic E-state index is 0. The first-order chi connectivity index (χ1) is 11.5. The average Bonchev–Trinajstić information content (AvgIpc) is 3.10. The summed E-state index contributed by atoms with van der Waals surface area (Å²) >= 11 is 0. The zero-order valence-electron chi connectivity index (χ0n) is 15.0. The standard InChI is InChI=1S/C18H27N3O3.ClH/c1-12(2)16(18(23)20-11-14-5-4-10-19-14)21-17(22)13-6-8-15(24-3)9-7-13;/h6-9,12,14,16,19H,4-5,10-11H2,1-3H3,(H,20,23)(H,21,22);1H. The fourth-order valence-corrected chi connectivity index (χ4v) is 2.77. The summed E-state index contributed by atoms with van der Waals surface area (Å²) in [4.78, 5) is 24.8. The lowest BCUT2D eigenvalue weighted by Crippen LogP contribution is -2.51. The van der Waals surface area contributed by atoms with Crippen LogP contribution in [-0.2, 0) is 4.79 Å². The molecule has 1 aromatic rings. The average molecular weight is 370 g/mol. The molecule has 1 heterocycles. The molecular weight excluding hydrogens is 342 g/mol. The van der Waals surface area contributed by atoms with Gasteiger partial charge in [-0.1, -0.05) is 13.8 Å². The highest BCUT2D eigenvalue weighted by Gasteiger charge is 2.25. The van der Waals surface area contributed by atoms with Crippen LogP contribution in [0.5, 0.6) is 5.75 Å². The molecule has 0 aromatic heterocycles. The van der Waals surface area contributed by atoms with E-state index in [-0.39, 0.29) is 30.1 Å². The molecule has 1 saturated heterocycles. The second kappa shape index (κ2) is 10.3. The second-order valence-corrected chi connectivity index (χ2v) is 6.46. The van der Waals surface area contributed by atoms with E-state index < -0.39 is 6.04 Å². The topological polar surface area (TPSA) is 79.5 Å². The lowest BCUT2D eigenvalue weighted by Gasteiger charge is -2.23. The Morgan fingerprint density at radius 3 is 2.48 bits per heavy atom. The third-order valence-electron chi connectivity index (χ3n) is 4.27. The molecule has 1 fully saturated rings. The predicted molar refractivity (Wildman–Crippen MR) is 100 cm³/mol. The number of carbonyl (C=O) groups is 2. The molecule has 7 heteroatoms. The fourth-order valence-electron chi connectivity index (χ4n) is 2.77. The summed E-state index contributed by atoms with van der Waals surface area (Å²) in [5, 5.41) is 9.12. The molecular formula is C18H28ClN3O3. The zero-order chi connectivity index (χ0) is 17.5. The summed E-state index contributed by atoms with van der Waals surface area (Å²) in [7, 11) is 1.58. The van der Waals surface area contributed by atoms with Gasteiger partial charge in [0.1, 0.15) is 11.8 Å². The number of nitrogens with one attached hydrogen (secondary N) is 3. The van der Waals surface area contributed by atoms with Gasteiger partial charge in [-0.15, -0.1) is 12.4 Å². The molecule has 2 rings (SSSR count). The van der Waals surface area contributed by atoms with Gasteiger partial charge in [0.05, 0.1) is 7.11 Å². The SMILES string of the molecule is COc1ccc(C(=O)NC(C(=O)NCC2CCCN2)C(C)C)cc1.Cl. The van der Waals surface area contributed by atoms with Crippen LogP contribution in [0.15, 0.2) is 24.3 Å². The van der Waals surface area contributed by atoms with Crippen molar-refractivity contribution in [3.05, 3.63) is 29.8 Å². The van der Waals surface area contributed by atoms with E-state index in [0.29, 0.717) is 23.9 Å². The van der Waals surface area contributed by atoms with Crippen LogP contribution in [0.25, 0.3) is 0 Å². The molecule has 1 aliphatic rings. The first-order valence-electron chi connectivity index (χ1n) is 8.47. The molecule has 1 aliphatic heterocycles. The highest BCUT2D eigenvalue weighted by Crippen LogP contribution is 2.12. The van der Waals surface area contributed by atoms with Gasteiger partial charge in [-0.05, 0) is 49.6 Å². The van der Waals surface area contributed by atoms with Crippen LogP contribution in [0.2, 0.25) is 0 Å². The van der Waals surface area contributed by atoms with Crippen molar-refractivity contribution in [2.75, 3.05) is 20.2 Å². The van der Waals surface area contributed by atoms with Gasteiger partial charge in [-0.25, -0.2) is 0 Å². The van der Waals surface area contributed by atoms with Crippen LogP contribution in [0.3, 0.4) is 0 Å². The molecule has 0 saturated carbocycles. The summed E-state index contributed by atoms with van der Waals surface area (Å²) in [6.07, 6.45) is 2.22. The number of ether oxygens (including phenoxy) is 1. The largest absolute Gasteiger partial charge is 0.497 e. The van der Waals surface area contributed by atoms with Gasteiger partial charge in [-0.3, -0.25) is 9.59 Å². The first kappa shape index (κ1) is 21.3. The molecule has 6 nitrogen and oxygen atoms in total. The van der Waals surface area contributed by atoms with Crippen molar-refractivity contribution in [3.63, 3.8) is 0 Å². The number of carbonyl (C=O) groups excluding carboxylic acids is 2. The Morgan fingerprint density at radius 2 is 1.96 bits per heavy atom. The molecule has 2 amide bonds. The van der Waals surface area contributed by atoms with E-state index in [0.717, 1.165) is 19.4 Å². The number of hydrogen-bond acceptors (Lipinski definition) is 4. The van der Waals surface area contributed by atoms with Crippen LogP contribution in [0.1, 0.15) is 37.0 Å². The van der Waals surface area contributed by atoms with Gasteiger partial charge in [0.25, 0.3) is 5.91 Å². The van der Waals surface area contributed by atoms with Crippen molar-refractivity contribution in [2.24, 2.45) is 5.92 Å². The number of methoxy groups -OCH3 is 1. The Kier molecular flexibility index (Phi) is 8.72. The van der Waals surface area contributed by atoms with Gasteiger partial charge in [0, 0.05) is 18.2 Å². The first-order valence-corrected chi connectivity index (χ1v) is 8.47. The Hall–Kier alpha value is -1.79. The maximum absolute atomic E-state index is 12.4. The van der Waals surface area contributed by atoms with Crippen LogP contribution >= 0.6 is 12.4 Å². The summed E-state index contributed by atoms with van der Waals surface area (Å²) in [6.45, 7) is 5.45. The van der Waals surface area contributed by atoms with E-state index in [1.807, 2.05) is 13.8 Å². The summed E-state index contributed by atoms with van der Waals surface area (Å²) < 4.78 is 5.09. The second-order valence-electron chi connectivity index (χ2n) is 6.46. The van der Waals surface area contributed by atoms with Crippen molar-refractivity contribution in [2.45, 2.75) is 38.8 Å². The number of amides is 2. The molecule has 2 atom stereocenters. The molecule has 2 unspecified atom stereocenters. The van der Waals surface area contributed by atoms with E-state index in [9.17, 15) is 9.59 Å². The predicted octanol–water partition coefficient (Wildman–Crippen LogP) is 1.74. The summed E-state index contributed by atoms with van der Waals surface area (Å²) in [5.41, 5.74) is 0.506. The van der Waals surface area contributed by atoms with Crippen molar-refractivity contribution in [1.29, 1.82) is 0 Å². The zero-order valence-corrected chi connectivity index (χ0v) is 15.8. The Morgan fingerprint density at radius 1 is 1.28 bits per heavy atom. The molecule has 0 aliphatic carbocycles. The molecule has 1 aromatic carbocycles. The molecule has 25 heavy (non-hydrogen) atoms. The van der Waals surface area contributed by atoms with E-state index in [1.54, 1.807) is 31.4 Å². The Bertz CT molecular complexity index is 557. The van der Waals surface area contributed by atoms with E-state index >= 15 is 0 Å². The number of hydrogen-bond donors (Lipinski definition) is 3. The van der Waals surface area contributed by atoms with Crippen molar-refractivity contribution in [3.8, 4) is 5.75 Å².